The zero-order valence-corrected chi connectivity index (χ0v) is 11.3. The topological polar surface area (TPSA) is 73.1 Å². The van der Waals surface area contributed by atoms with Gasteiger partial charge in [0.1, 0.15) is 5.75 Å². The van der Waals surface area contributed by atoms with Crippen molar-refractivity contribution < 1.29 is 4.74 Å². The van der Waals surface area contributed by atoms with Crippen molar-refractivity contribution in [1.82, 2.24) is 9.97 Å². The molecule has 0 aliphatic heterocycles. The molecule has 0 atom stereocenters. The first-order chi connectivity index (χ1) is 9.10. The van der Waals surface area contributed by atoms with Crippen LogP contribution in [0.1, 0.15) is 30.9 Å². The Morgan fingerprint density at radius 2 is 1.89 bits per heavy atom. The van der Waals surface area contributed by atoms with Crippen LogP contribution in [-0.2, 0) is 0 Å². The van der Waals surface area contributed by atoms with E-state index in [1.165, 1.54) is 5.56 Å². The van der Waals surface area contributed by atoms with Gasteiger partial charge in [0.05, 0.1) is 0 Å². The summed E-state index contributed by atoms with van der Waals surface area (Å²) in [5.41, 5.74) is 4.53. The molecule has 0 bridgehead atoms. The van der Waals surface area contributed by atoms with Gasteiger partial charge < -0.3 is 4.74 Å². The van der Waals surface area contributed by atoms with Crippen molar-refractivity contribution in [1.29, 1.82) is 0 Å². The van der Waals surface area contributed by atoms with E-state index in [4.69, 9.17) is 10.6 Å². The van der Waals surface area contributed by atoms with Gasteiger partial charge in [0, 0.05) is 11.8 Å². The molecular formula is C14H18N4O. The molecule has 0 radical (unpaired) electrons. The van der Waals surface area contributed by atoms with Crippen molar-refractivity contribution in [3.8, 4) is 11.6 Å². The predicted molar refractivity (Wildman–Crippen MR) is 75.2 cm³/mol. The molecule has 0 aliphatic rings. The lowest BCUT2D eigenvalue weighted by Crippen LogP contribution is -2.11. The Morgan fingerprint density at radius 3 is 2.47 bits per heavy atom. The molecule has 1 heterocycles. The summed E-state index contributed by atoms with van der Waals surface area (Å²) in [6, 6.07) is 7.98. The van der Waals surface area contributed by atoms with Crippen molar-refractivity contribution in [2.75, 3.05) is 5.43 Å². The van der Waals surface area contributed by atoms with Crippen LogP contribution in [0.4, 0.5) is 5.95 Å². The standard InChI is InChI=1S/C14H18N4O/c1-9(2)11-4-6-12(7-5-11)19-13-10(3)8-16-14(17-13)18-15/h4-9H,15H2,1-3H3,(H,16,17,18). The van der Waals surface area contributed by atoms with Crippen LogP contribution in [0.5, 0.6) is 11.6 Å². The van der Waals surface area contributed by atoms with Crippen LogP contribution in [0.15, 0.2) is 30.5 Å². The van der Waals surface area contributed by atoms with Gasteiger partial charge in [0.25, 0.3) is 0 Å². The fourth-order valence-electron chi connectivity index (χ4n) is 1.63. The highest BCUT2D eigenvalue weighted by Crippen LogP contribution is 2.25. The number of anilines is 1. The minimum Gasteiger partial charge on any atom is -0.439 e. The second kappa shape index (κ2) is 5.67. The van der Waals surface area contributed by atoms with Crippen LogP contribution in [0.2, 0.25) is 0 Å². The average molecular weight is 258 g/mol. The maximum absolute atomic E-state index is 5.74. The molecule has 0 unspecified atom stereocenters. The largest absolute Gasteiger partial charge is 0.439 e. The van der Waals surface area contributed by atoms with E-state index in [9.17, 15) is 0 Å². The highest BCUT2D eigenvalue weighted by molar-refractivity contribution is 5.36. The third-order valence-corrected chi connectivity index (χ3v) is 2.82. The van der Waals surface area contributed by atoms with Gasteiger partial charge in [-0.2, -0.15) is 4.98 Å². The van der Waals surface area contributed by atoms with Crippen LogP contribution in [0, 0.1) is 6.92 Å². The Labute approximate surface area is 112 Å². The first-order valence-corrected chi connectivity index (χ1v) is 6.18. The fraction of sp³-hybridized carbons (Fsp3) is 0.286. The summed E-state index contributed by atoms with van der Waals surface area (Å²) < 4.78 is 5.74. The van der Waals surface area contributed by atoms with Gasteiger partial charge in [-0.05, 0) is 30.5 Å². The van der Waals surface area contributed by atoms with E-state index < -0.39 is 0 Å². The Kier molecular flexibility index (Phi) is 3.97. The zero-order chi connectivity index (χ0) is 13.8. The molecule has 0 amide bonds. The van der Waals surface area contributed by atoms with Crippen molar-refractivity contribution >= 4 is 5.95 Å². The molecule has 2 rings (SSSR count). The molecule has 0 aliphatic carbocycles. The van der Waals surface area contributed by atoms with Crippen LogP contribution in [-0.4, -0.2) is 9.97 Å². The number of hydrogen-bond acceptors (Lipinski definition) is 5. The van der Waals surface area contributed by atoms with E-state index >= 15 is 0 Å². The highest BCUT2D eigenvalue weighted by atomic mass is 16.5. The number of aromatic nitrogens is 2. The van der Waals surface area contributed by atoms with Crippen molar-refractivity contribution in [3.63, 3.8) is 0 Å². The lowest BCUT2D eigenvalue weighted by molar-refractivity contribution is 0.458. The second-order valence-corrected chi connectivity index (χ2v) is 4.65. The monoisotopic (exact) mass is 258 g/mol. The summed E-state index contributed by atoms with van der Waals surface area (Å²) in [5.74, 6) is 7.37. The third-order valence-electron chi connectivity index (χ3n) is 2.82. The van der Waals surface area contributed by atoms with E-state index in [0.29, 0.717) is 17.7 Å². The van der Waals surface area contributed by atoms with Crippen molar-refractivity contribution in [3.05, 3.63) is 41.6 Å². The van der Waals surface area contributed by atoms with Gasteiger partial charge in [-0.3, -0.25) is 5.43 Å². The second-order valence-electron chi connectivity index (χ2n) is 4.65. The molecule has 0 spiro atoms. The highest BCUT2D eigenvalue weighted by Gasteiger charge is 2.06. The molecule has 1 aromatic heterocycles. The van der Waals surface area contributed by atoms with Crippen LogP contribution < -0.4 is 16.0 Å². The maximum atomic E-state index is 5.74. The Balaban J connectivity index is 2.20. The van der Waals surface area contributed by atoms with E-state index in [1.54, 1.807) is 6.20 Å². The van der Waals surface area contributed by atoms with Gasteiger partial charge in [-0.15, -0.1) is 0 Å². The molecule has 3 N–H and O–H groups in total. The molecule has 0 fully saturated rings. The summed E-state index contributed by atoms with van der Waals surface area (Å²) in [6.45, 7) is 6.20. The Hall–Kier alpha value is -2.14. The van der Waals surface area contributed by atoms with Crippen LogP contribution in [0.25, 0.3) is 0 Å². The number of nitrogens with zero attached hydrogens (tertiary/aromatic N) is 2. The van der Waals surface area contributed by atoms with Crippen molar-refractivity contribution in [2.45, 2.75) is 26.7 Å². The summed E-state index contributed by atoms with van der Waals surface area (Å²) in [7, 11) is 0. The molecule has 0 saturated heterocycles. The maximum Gasteiger partial charge on any atom is 0.240 e. The number of rotatable bonds is 4. The number of ether oxygens (including phenoxy) is 1. The van der Waals surface area contributed by atoms with Gasteiger partial charge in [0.2, 0.25) is 11.8 Å². The first kappa shape index (κ1) is 13.3. The average Bonchev–Trinajstić information content (AvgIpc) is 2.42. The van der Waals surface area contributed by atoms with E-state index in [-0.39, 0.29) is 0 Å². The van der Waals surface area contributed by atoms with Gasteiger partial charge in [-0.25, -0.2) is 10.8 Å². The summed E-state index contributed by atoms with van der Waals surface area (Å²) in [4.78, 5) is 8.18. The molecule has 5 nitrogen and oxygen atoms in total. The van der Waals surface area contributed by atoms with Gasteiger partial charge in [-0.1, -0.05) is 26.0 Å². The number of nitrogens with two attached hydrogens (primary N) is 1. The van der Waals surface area contributed by atoms with Gasteiger partial charge >= 0.3 is 0 Å². The summed E-state index contributed by atoms with van der Waals surface area (Å²) in [6.07, 6.45) is 1.67. The molecule has 2 aromatic rings. The molecule has 0 saturated carbocycles. The predicted octanol–water partition coefficient (Wildman–Crippen LogP) is 2.99. The smallest absolute Gasteiger partial charge is 0.240 e. The molecule has 100 valence electrons. The normalized spacial score (nSPS) is 10.6. The molecular weight excluding hydrogens is 240 g/mol. The molecule has 1 aromatic carbocycles. The minimum atomic E-state index is 0.333. The summed E-state index contributed by atoms with van der Waals surface area (Å²) in [5, 5.41) is 0. The van der Waals surface area contributed by atoms with Gasteiger partial charge in [0.15, 0.2) is 0 Å². The first-order valence-electron chi connectivity index (χ1n) is 6.18. The van der Waals surface area contributed by atoms with Crippen molar-refractivity contribution in [2.24, 2.45) is 5.84 Å². The summed E-state index contributed by atoms with van der Waals surface area (Å²) >= 11 is 0. The number of aryl methyl sites for hydroxylation is 1. The number of nitrogen functional groups attached to an aromatic ring is 1. The lowest BCUT2D eigenvalue weighted by Gasteiger charge is -2.10. The number of hydrazine groups is 1. The van der Waals surface area contributed by atoms with Crippen LogP contribution in [0.3, 0.4) is 0 Å². The minimum absolute atomic E-state index is 0.333. The Bertz CT molecular complexity index is 552. The number of hydrogen-bond donors (Lipinski definition) is 2. The molecule has 19 heavy (non-hydrogen) atoms. The van der Waals surface area contributed by atoms with E-state index in [1.807, 2.05) is 19.1 Å². The quantitative estimate of drug-likeness (QED) is 0.651. The molecule has 5 heteroatoms. The Morgan fingerprint density at radius 1 is 1.21 bits per heavy atom. The SMILES string of the molecule is Cc1cnc(NN)nc1Oc1ccc(C(C)C)cc1. The lowest BCUT2D eigenvalue weighted by atomic mass is 10.0. The van der Waals surface area contributed by atoms with Crippen LogP contribution >= 0.6 is 0 Å². The van der Waals surface area contributed by atoms with E-state index in [2.05, 4.69) is 41.4 Å². The zero-order valence-electron chi connectivity index (χ0n) is 11.3. The third kappa shape index (κ3) is 3.20. The number of nitrogens with one attached hydrogen (secondary N) is 1. The fourth-order valence-corrected chi connectivity index (χ4v) is 1.63. The number of benzene rings is 1. The van der Waals surface area contributed by atoms with E-state index in [0.717, 1.165) is 11.3 Å².